The van der Waals surface area contributed by atoms with Gasteiger partial charge in [-0.2, -0.15) is 0 Å². The van der Waals surface area contributed by atoms with Crippen molar-refractivity contribution in [1.29, 1.82) is 0 Å². The Labute approximate surface area is 124 Å². The van der Waals surface area contributed by atoms with Crippen molar-refractivity contribution in [3.8, 4) is 0 Å². The van der Waals surface area contributed by atoms with E-state index < -0.39 is 24.0 Å². The molecule has 1 fully saturated rings. The molecule has 1 heterocycles. The first kappa shape index (κ1) is 17.4. The van der Waals surface area contributed by atoms with Crippen molar-refractivity contribution in [2.24, 2.45) is 0 Å². The van der Waals surface area contributed by atoms with Crippen LogP contribution in [0.1, 0.15) is 20.8 Å². The Balaban J connectivity index is 2.41. The number of urea groups is 1. The van der Waals surface area contributed by atoms with E-state index in [1.165, 1.54) is 0 Å². The second kappa shape index (κ2) is 8.58. The predicted octanol–water partition coefficient (Wildman–Crippen LogP) is -0.942. The average Bonchev–Trinajstić information content (AvgIpc) is 2.47. The summed E-state index contributed by atoms with van der Waals surface area (Å²) in [5.41, 5.74) is 0. The molecule has 2 atom stereocenters. The number of hydrogen-bond acceptors (Lipinski definition) is 5. The molecule has 0 saturated carbocycles. The molecule has 0 aliphatic carbocycles. The number of carbonyl (C=O) groups is 3. The number of nitrogens with zero attached hydrogens (tertiary/aromatic N) is 1. The summed E-state index contributed by atoms with van der Waals surface area (Å²) < 4.78 is 5.19. The molecular weight excluding hydrogens is 276 g/mol. The highest BCUT2D eigenvalue weighted by Gasteiger charge is 2.25. The van der Waals surface area contributed by atoms with Gasteiger partial charge in [-0.05, 0) is 20.8 Å². The molecule has 8 nitrogen and oxygen atoms in total. The largest absolute Gasteiger partial charge is 0.378 e. The smallest absolute Gasteiger partial charge is 0.321 e. The molecule has 3 N–H and O–H groups in total. The first-order valence-electron chi connectivity index (χ1n) is 7.17. The normalized spacial score (nSPS) is 17.8. The van der Waals surface area contributed by atoms with Gasteiger partial charge in [0.1, 0.15) is 0 Å². The Morgan fingerprint density at radius 1 is 1.14 bits per heavy atom. The molecule has 0 aromatic rings. The summed E-state index contributed by atoms with van der Waals surface area (Å²) in [5, 5.41) is 7.58. The summed E-state index contributed by atoms with van der Waals surface area (Å²) in [6.07, 6.45) is 0. The van der Waals surface area contributed by atoms with Crippen LogP contribution in [0.5, 0.6) is 0 Å². The summed E-state index contributed by atoms with van der Waals surface area (Å²) in [6, 6.07) is -1.69. The van der Waals surface area contributed by atoms with Crippen LogP contribution in [0.4, 0.5) is 4.79 Å². The summed E-state index contributed by atoms with van der Waals surface area (Å²) in [6.45, 7) is 7.69. The van der Waals surface area contributed by atoms with Gasteiger partial charge in [0.15, 0.2) is 0 Å². The van der Waals surface area contributed by atoms with Gasteiger partial charge in [0.25, 0.3) is 0 Å². The van der Waals surface area contributed by atoms with Gasteiger partial charge in [-0.1, -0.05) is 0 Å². The lowest BCUT2D eigenvalue weighted by atomic mass is 10.2. The first-order chi connectivity index (χ1) is 9.95. The highest BCUT2D eigenvalue weighted by molar-refractivity contribution is 5.97. The molecule has 2 unspecified atom stereocenters. The third kappa shape index (κ3) is 5.68. The minimum absolute atomic E-state index is 0.0732. The molecule has 4 amide bonds. The van der Waals surface area contributed by atoms with Gasteiger partial charge in [0.2, 0.25) is 11.8 Å². The summed E-state index contributed by atoms with van der Waals surface area (Å²) >= 11 is 0. The highest BCUT2D eigenvalue weighted by Crippen LogP contribution is 2.01. The van der Waals surface area contributed by atoms with Crippen LogP contribution in [0.2, 0.25) is 0 Å². The van der Waals surface area contributed by atoms with Crippen LogP contribution in [-0.2, 0) is 14.3 Å². The van der Waals surface area contributed by atoms with Crippen molar-refractivity contribution in [3.05, 3.63) is 0 Å². The Hall–Kier alpha value is -1.67. The standard InChI is InChI=1S/C13H24N4O4/c1-4-14-13(20)16-11(18)9(2)15-10(3)12(19)17-5-7-21-8-6-17/h9-10,15H,4-8H2,1-3H3,(H2,14,16,18,20). The molecule has 1 aliphatic rings. The fourth-order valence-electron chi connectivity index (χ4n) is 2.00. The zero-order valence-corrected chi connectivity index (χ0v) is 12.8. The molecule has 1 saturated heterocycles. The van der Waals surface area contributed by atoms with Crippen LogP contribution < -0.4 is 16.0 Å². The van der Waals surface area contributed by atoms with E-state index in [1.54, 1.807) is 25.7 Å². The first-order valence-corrected chi connectivity index (χ1v) is 7.17. The number of hydrogen-bond donors (Lipinski definition) is 3. The Morgan fingerprint density at radius 3 is 2.33 bits per heavy atom. The zero-order valence-electron chi connectivity index (χ0n) is 12.8. The quantitative estimate of drug-likeness (QED) is 0.608. The monoisotopic (exact) mass is 300 g/mol. The lowest BCUT2D eigenvalue weighted by Gasteiger charge is -2.30. The number of nitrogens with one attached hydrogen (secondary N) is 3. The number of imide groups is 1. The van der Waals surface area contributed by atoms with Crippen LogP contribution in [0.25, 0.3) is 0 Å². The van der Waals surface area contributed by atoms with Crippen molar-refractivity contribution >= 4 is 17.8 Å². The summed E-state index contributed by atoms with van der Waals surface area (Å²) in [5.74, 6) is -0.543. The summed E-state index contributed by atoms with van der Waals surface area (Å²) in [4.78, 5) is 36.9. The van der Waals surface area contributed by atoms with E-state index in [4.69, 9.17) is 4.74 Å². The molecule has 0 aromatic carbocycles. The van der Waals surface area contributed by atoms with Crippen LogP contribution in [-0.4, -0.2) is 67.7 Å². The van der Waals surface area contributed by atoms with Crippen LogP contribution in [0.15, 0.2) is 0 Å². The van der Waals surface area contributed by atoms with E-state index in [-0.39, 0.29) is 5.91 Å². The van der Waals surface area contributed by atoms with Crippen molar-refractivity contribution in [3.63, 3.8) is 0 Å². The predicted molar refractivity (Wildman–Crippen MR) is 76.7 cm³/mol. The molecular formula is C13H24N4O4. The Morgan fingerprint density at radius 2 is 1.76 bits per heavy atom. The fraction of sp³-hybridized carbons (Fsp3) is 0.769. The van der Waals surface area contributed by atoms with E-state index in [0.29, 0.717) is 32.8 Å². The highest BCUT2D eigenvalue weighted by atomic mass is 16.5. The second-order valence-electron chi connectivity index (χ2n) is 4.90. The van der Waals surface area contributed by atoms with E-state index >= 15 is 0 Å². The Bertz CT molecular complexity index is 382. The van der Waals surface area contributed by atoms with E-state index in [1.807, 2.05) is 0 Å². The van der Waals surface area contributed by atoms with Gasteiger partial charge in [-0.25, -0.2) is 4.79 Å². The van der Waals surface area contributed by atoms with Crippen molar-refractivity contribution in [2.75, 3.05) is 32.8 Å². The third-order valence-corrected chi connectivity index (χ3v) is 3.16. The fourth-order valence-corrected chi connectivity index (χ4v) is 2.00. The molecule has 0 bridgehead atoms. The van der Waals surface area contributed by atoms with Gasteiger partial charge in [0, 0.05) is 19.6 Å². The summed E-state index contributed by atoms with van der Waals surface area (Å²) in [7, 11) is 0. The van der Waals surface area contributed by atoms with E-state index in [9.17, 15) is 14.4 Å². The van der Waals surface area contributed by atoms with Crippen LogP contribution >= 0.6 is 0 Å². The minimum Gasteiger partial charge on any atom is -0.378 e. The molecule has 0 aromatic heterocycles. The van der Waals surface area contributed by atoms with Gasteiger partial charge in [-0.15, -0.1) is 0 Å². The molecule has 0 spiro atoms. The van der Waals surface area contributed by atoms with Gasteiger partial charge in [0.05, 0.1) is 25.3 Å². The lowest BCUT2D eigenvalue weighted by molar-refractivity contribution is -0.137. The topological polar surface area (TPSA) is 99.8 Å². The average molecular weight is 300 g/mol. The van der Waals surface area contributed by atoms with Gasteiger partial charge in [-0.3, -0.25) is 20.2 Å². The minimum atomic E-state index is -0.646. The van der Waals surface area contributed by atoms with Gasteiger partial charge < -0.3 is 15.0 Å². The van der Waals surface area contributed by atoms with Crippen LogP contribution in [0, 0.1) is 0 Å². The molecule has 120 valence electrons. The number of morpholine rings is 1. The number of amides is 4. The lowest BCUT2D eigenvalue weighted by Crippen LogP contribution is -2.55. The third-order valence-electron chi connectivity index (χ3n) is 3.16. The Kier molecular flexibility index (Phi) is 7.10. The maximum Gasteiger partial charge on any atom is 0.321 e. The molecule has 21 heavy (non-hydrogen) atoms. The molecule has 8 heteroatoms. The van der Waals surface area contributed by atoms with E-state index in [2.05, 4.69) is 16.0 Å². The van der Waals surface area contributed by atoms with Crippen molar-refractivity contribution in [2.45, 2.75) is 32.9 Å². The maximum atomic E-state index is 12.2. The van der Waals surface area contributed by atoms with Crippen molar-refractivity contribution in [1.82, 2.24) is 20.9 Å². The number of rotatable bonds is 5. The zero-order chi connectivity index (χ0) is 15.8. The maximum absolute atomic E-state index is 12.2. The number of ether oxygens (including phenoxy) is 1. The van der Waals surface area contributed by atoms with Gasteiger partial charge >= 0.3 is 6.03 Å². The molecule has 1 rings (SSSR count). The molecule has 0 radical (unpaired) electrons. The molecule has 1 aliphatic heterocycles. The van der Waals surface area contributed by atoms with Crippen molar-refractivity contribution < 1.29 is 19.1 Å². The number of carbonyl (C=O) groups excluding carboxylic acids is 3. The van der Waals surface area contributed by atoms with E-state index in [0.717, 1.165) is 0 Å². The SMILES string of the molecule is CCNC(=O)NC(=O)C(C)NC(C)C(=O)N1CCOCC1. The van der Waals surface area contributed by atoms with Crippen LogP contribution in [0.3, 0.4) is 0 Å². The second-order valence-corrected chi connectivity index (χ2v) is 4.90.